The van der Waals surface area contributed by atoms with Crippen molar-refractivity contribution >= 4 is 46.8 Å². The third kappa shape index (κ3) is 4.31. The van der Waals surface area contributed by atoms with Gasteiger partial charge in [-0.25, -0.2) is 4.79 Å². The second kappa shape index (κ2) is 9.40. The van der Waals surface area contributed by atoms with E-state index in [1.54, 1.807) is 48.5 Å². The van der Waals surface area contributed by atoms with Crippen molar-refractivity contribution in [2.45, 2.75) is 17.7 Å². The maximum Gasteiger partial charge on any atom is 0.339 e. The molecular formula is C24H22N2O5S. The lowest BCUT2D eigenvalue weighted by molar-refractivity contribution is -0.122. The van der Waals surface area contributed by atoms with E-state index in [0.29, 0.717) is 24.2 Å². The van der Waals surface area contributed by atoms with Crippen LogP contribution in [0, 0.1) is 11.8 Å². The highest BCUT2D eigenvalue weighted by Crippen LogP contribution is 2.38. The van der Waals surface area contributed by atoms with Crippen LogP contribution in [0.4, 0.5) is 11.4 Å². The number of nitrogens with one attached hydrogen (secondary N) is 1. The van der Waals surface area contributed by atoms with Crippen molar-refractivity contribution in [2.24, 2.45) is 11.8 Å². The normalized spacial score (nSPS) is 19.6. The molecule has 0 spiro atoms. The number of carbonyl (C=O) groups is 4. The number of allylic oxidation sites excluding steroid dienone is 2. The van der Waals surface area contributed by atoms with Crippen LogP contribution < -0.4 is 10.2 Å². The third-order valence-electron chi connectivity index (χ3n) is 5.58. The Kier molecular flexibility index (Phi) is 6.41. The zero-order valence-electron chi connectivity index (χ0n) is 17.4. The highest BCUT2D eigenvalue weighted by Gasteiger charge is 2.47. The second-order valence-corrected chi connectivity index (χ2v) is 8.58. The van der Waals surface area contributed by atoms with Crippen molar-refractivity contribution in [3.63, 3.8) is 0 Å². The van der Waals surface area contributed by atoms with Gasteiger partial charge in [-0.15, -0.1) is 11.8 Å². The van der Waals surface area contributed by atoms with Crippen molar-refractivity contribution in [3.05, 3.63) is 66.2 Å². The monoisotopic (exact) mass is 450 g/mol. The van der Waals surface area contributed by atoms with Gasteiger partial charge in [0.15, 0.2) is 0 Å². The molecule has 4 rings (SSSR count). The highest BCUT2D eigenvalue weighted by molar-refractivity contribution is 8.00. The predicted octanol–water partition coefficient (Wildman–Crippen LogP) is 3.66. The summed E-state index contributed by atoms with van der Waals surface area (Å²) in [6.45, 7) is 0. The topological polar surface area (TPSA) is 92.8 Å². The molecule has 2 atom stereocenters. The molecule has 1 aliphatic heterocycles. The largest absolute Gasteiger partial charge is 0.465 e. The molecule has 0 aromatic heterocycles. The minimum absolute atomic E-state index is 0.131. The molecule has 1 N–H and O–H groups in total. The van der Waals surface area contributed by atoms with Gasteiger partial charge in [0.1, 0.15) is 0 Å². The van der Waals surface area contributed by atoms with Crippen LogP contribution in [0.5, 0.6) is 0 Å². The first-order valence-corrected chi connectivity index (χ1v) is 11.2. The van der Waals surface area contributed by atoms with E-state index in [0.717, 1.165) is 4.90 Å². The number of benzene rings is 2. The van der Waals surface area contributed by atoms with Crippen molar-refractivity contribution in [2.75, 3.05) is 23.1 Å². The summed E-state index contributed by atoms with van der Waals surface area (Å²) < 4.78 is 4.74. The summed E-state index contributed by atoms with van der Waals surface area (Å²) in [5.74, 6) is -1.48. The molecular weight excluding hydrogens is 428 g/mol. The molecule has 0 bridgehead atoms. The van der Waals surface area contributed by atoms with Crippen molar-refractivity contribution < 1.29 is 23.9 Å². The zero-order chi connectivity index (χ0) is 22.7. The van der Waals surface area contributed by atoms with Gasteiger partial charge in [0.05, 0.1) is 41.6 Å². The van der Waals surface area contributed by atoms with Crippen LogP contribution >= 0.6 is 11.8 Å². The minimum atomic E-state index is -0.522. The van der Waals surface area contributed by atoms with Crippen molar-refractivity contribution in [1.29, 1.82) is 0 Å². The molecule has 2 aromatic rings. The summed E-state index contributed by atoms with van der Waals surface area (Å²) in [4.78, 5) is 51.7. The van der Waals surface area contributed by atoms with Gasteiger partial charge >= 0.3 is 5.97 Å². The highest BCUT2D eigenvalue weighted by atomic mass is 32.2. The van der Waals surface area contributed by atoms with Crippen LogP contribution in [0.3, 0.4) is 0 Å². The molecule has 8 heteroatoms. The van der Waals surface area contributed by atoms with Gasteiger partial charge in [-0.1, -0.05) is 24.3 Å². The van der Waals surface area contributed by atoms with E-state index in [2.05, 4.69) is 5.32 Å². The van der Waals surface area contributed by atoms with Crippen LogP contribution in [0.25, 0.3) is 0 Å². The average Bonchev–Trinajstić information content (AvgIpc) is 3.08. The minimum Gasteiger partial charge on any atom is -0.465 e. The van der Waals surface area contributed by atoms with E-state index in [4.69, 9.17) is 4.74 Å². The Balaban J connectivity index is 1.37. The number of para-hydroxylation sites is 1. The van der Waals surface area contributed by atoms with Crippen molar-refractivity contribution in [3.8, 4) is 0 Å². The van der Waals surface area contributed by atoms with Crippen LogP contribution in [-0.2, 0) is 19.1 Å². The summed E-state index contributed by atoms with van der Waals surface area (Å²) in [6.07, 6.45) is 5.14. The number of amides is 3. The van der Waals surface area contributed by atoms with Crippen LogP contribution in [0.1, 0.15) is 23.2 Å². The van der Waals surface area contributed by atoms with Crippen molar-refractivity contribution in [1.82, 2.24) is 0 Å². The summed E-state index contributed by atoms with van der Waals surface area (Å²) in [5.41, 5.74) is 1.23. The molecule has 2 aromatic carbocycles. The number of imide groups is 1. The number of carbonyl (C=O) groups excluding carboxylic acids is 4. The number of methoxy groups -OCH3 is 1. The Labute approximate surface area is 189 Å². The number of rotatable bonds is 6. The Bertz CT molecular complexity index is 1070. The van der Waals surface area contributed by atoms with Crippen LogP contribution in [-0.4, -0.2) is 36.6 Å². The maximum atomic E-state index is 12.7. The van der Waals surface area contributed by atoms with Gasteiger partial charge in [-0.05, 0) is 49.2 Å². The number of thioether (sulfide) groups is 1. The molecule has 2 unspecified atom stereocenters. The van der Waals surface area contributed by atoms with Gasteiger partial charge in [0.25, 0.3) is 0 Å². The average molecular weight is 451 g/mol. The van der Waals surface area contributed by atoms with E-state index in [-0.39, 0.29) is 40.9 Å². The molecule has 1 heterocycles. The fourth-order valence-corrected chi connectivity index (χ4v) is 4.66. The fourth-order valence-electron chi connectivity index (χ4n) is 3.96. The molecule has 1 aliphatic carbocycles. The first kappa shape index (κ1) is 21.8. The van der Waals surface area contributed by atoms with E-state index in [1.165, 1.54) is 23.8 Å². The molecule has 2 aliphatic rings. The van der Waals surface area contributed by atoms with E-state index >= 15 is 0 Å². The number of ether oxygens (including phenoxy) is 1. The second-order valence-electron chi connectivity index (χ2n) is 7.54. The number of nitrogens with zero attached hydrogens (tertiary/aromatic N) is 1. The smallest absolute Gasteiger partial charge is 0.339 e. The van der Waals surface area contributed by atoms with Crippen LogP contribution in [0.15, 0.2) is 65.6 Å². The summed E-state index contributed by atoms with van der Waals surface area (Å²) >= 11 is 1.31. The Morgan fingerprint density at radius 1 is 1.00 bits per heavy atom. The zero-order valence-corrected chi connectivity index (χ0v) is 18.3. The molecule has 7 nitrogen and oxygen atoms in total. The molecule has 1 fully saturated rings. The lowest BCUT2D eigenvalue weighted by atomic mass is 9.85. The summed E-state index contributed by atoms with van der Waals surface area (Å²) in [6, 6.07) is 13.7. The molecule has 32 heavy (non-hydrogen) atoms. The van der Waals surface area contributed by atoms with Gasteiger partial charge in [-0.3, -0.25) is 19.3 Å². The van der Waals surface area contributed by atoms with E-state index in [9.17, 15) is 19.2 Å². The molecule has 0 saturated carbocycles. The fraction of sp³-hybridized carbons (Fsp3) is 0.250. The molecule has 3 amide bonds. The van der Waals surface area contributed by atoms with Gasteiger partial charge in [-0.2, -0.15) is 0 Å². The summed E-state index contributed by atoms with van der Waals surface area (Å²) in [7, 11) is 1.29. The molecule has 0 radical (unpaired) electrons. The van der Waals surface area contributed by atoms with Crippen LogP contribution in [0.2, 0.25) is 0 Å². The predicted molar refractivity (Wildman–Crippen MR) is 121 cm³/mol. The quantitative estimate of drug-likeness (QED) is 0.313. The SMILES string of the molecule is COC(=O)c1ccccc1NC(=O)CSc1ccc(N2C(=O)C3CC=CCC3C2=O)cc1. The first-order valence-electron chi connectivity index (χ1n) is 10.2. The maximum absolute atomic E-state index is 12.7. The standard InChI is InChI=1S/C24H22N2O5S/c1-31-24(30)19-8-4-5-9-20(19)25-21(27)14-32-16-12-10-15(11-13-16)26-22(28)17-6-2-3-7-18(17)23(26)29/h2-5,8-13,17-18H,6-7,14H2,1H3,(H,25,27). The summed E-state index contributed by atoms with van der Waals surface area (Å²) in [5, 5.41) is 2.73. The number of fused-ring (bicyclic) bond motifs is 1. The molecule has 164 valence electrons. The lowest BCUT2D eigenvalue weighted by Crippen LogP contribution is -2.30. The van der Waals surface area contributed by atoms with E-state index in [1.807, 2.05) is 12.2 Å². The van der Waals surface area contributed by atoms with Gasteiger partial charge in [0.2, 0.25) is 17.7 Å². The number of anilines is 2. The van der Waals surface area contributed by atoms with Gasteiger partial charge < -0.3 is 10.1 Å². The van der Waals surface area contributed by atoms with E-state index < -0.39 is 5.97 Å². The number of esters is 1. The number of hydrogen-bond donors (Lipinski definition) is 1. The molecule has 1 saturated heterocycles. The lowest BCUT2D eigenvalue weighted by Gasteiger charge is -2.15. The Morgan fingerprint density at radius 2 is 1.62 bits per heavy atom. The van der Waals surface area contributed by atoms with Gasteiger partial charge in [0, 0.05) is 4.90 Å². The third-order valence-corrected chi connectivity index (χ3v) is 6.59. The Hall–Kier alpha value is -3.39. The first-order chi connectivity index (χ1) is 15.5. The Morgan fingerprint density at radius 3 is 2.25 bits per heavy atom. The number of hydrogen-bond acceptors (Lipinski definition) is 6.